The van der Waals surface area contributed by atoms with E-state index in [1.165, 1.54) is 13.0 Å². The number of carbonyl (C=O) groups is 1. The molecule has 180 valence electrons. The highest BCUT2D eigenvalue weighted by atomic mass is 32.2. The van der Waals surface area contributed by atoms with E-state index in [0.717, 1.165) is 25.5 Å². The number of esters is 1. The SMILES string of the molecule is C=C(C)c1ccc(C)cc1-c1c(O)cc(CCCCC)c(S(=O)(=O)N[C@@H](C)C(=O)OC)c1O. The molecule has 0 fully saturated rings. The molecule has 0 radical (unpaired) electrons. The fraction of sp³-hybridized carbons (Fsp3) is 0.400. The fourth-order valence-corrected chi connectivity index (χ4v) is 5.30. The van der Waals surface area contributed by atoms with E-state index in [4.69, 9.17) is 0 Å². The van der Waals surface area contributed by atoms with Gasteiger partial charge >= 0.3 is 5.97 Å². The van der Waals surface area contributed by atoms with Crippen LogP contribution in [0.15, 0.2) is 35.7 Å². The predicted molar refractivity (Wildman–Crippen MR) is 130 cm³/mol. The number of nitrogens with one attached hydrogen (secondary N) is 1. The van der Waals surface area contributed by atoms with Gasteiger partial charge in [0.25, 0.3) is 0 Å². The summed E-state index contributed by atoms with van der Waals surface area (Å²) in [7, 11) is -3.17. The molecule has 2 aromatic carbocycles. The van der Waals surface area contributed by atoms with Crippen molar-refractivity contribution >= 4 is 21.6 Å². The minimum absolute atomic E-state index is 0.00189. The first kappa shape index (κ1) is 26.4. The van der Waals surface area contributed by atoms with Crippen LogP contribution >= 0.6 is 0 Å². The second-order valence-corrected chi connectivity index (χ2v) is 9.91. The van der Waals surface area contributed by atoms with Crippen LogP contribution in [0.2, 0.25) is 0 Å². The summed E-state index contributed by atoms with van der Waals surface area (Å²) in [6.45, 7) is 11.0. The zero-order valence-corrected chi connectivity index (χ0v) is 20.7. The molecule has 0 saturated heterocycles. The Bertz CT molecular complexity index is 1150. The van der Waals surface area contributed by atoms with Crippen LogP contribution in [0.25, 0.3) is 16.7 Å². The van der Waals surface area contributed by atoms with Gasteiger partial charge in [-0.1, -0.05) is 55.7 Å². The van der Waals surface area contributed by atoms with Crippen LogP contribution in [0.1, 0.15) is 56.7 Å². The van der Waals surface area contributed by atoms with Gasteiger partial charge in [0.2, 0.25) is 10.0 Å². The lowest BCUT2D eigenvalue weighted by Crippen LogP contribution is -2.39. The van der Waals surface area contributed by atoms with Gasteiger partial charge < -0.3 is 14.9 Å². The molecule has 0 amide bonds. The maximum atomic E-state index is 13.3. The second-order valence-electron chi connectivity index (χ2n) is 8.26. The van der Waals surface area contributed by atoms with Gasteiger partial charge in [-0.05, 0) is 56.4 Å². The number of phenols is 2. The Kier molecular flexibility index (Phi) is 8.69. The number of phenolic OH excluding ortho intramolecular Hbond substituents is 2. The number of allylic oxidation sites excluding steroid dienone is 1. The lowest BCUT2D eigenvalue weighted by atomic mass is 9.91. The summed E-state index contributed by atoms with van der Waals surface area (Å²) in [6, 6.07) is 5.67. The van der Waals surface area contributed by atoms with Crippen molar-refractivity contribution in [3.05, 3.63) is 47.5 Å². The summed E-state index contributed by atoms with van der Waals surface area (Å²) in [5.74, 6) is -1.56. The molecule has 3 N–H and O–H groups in total. The summed E-state index contributed by atoms with van der Waals surface area (Å²) >= 11 is 0. The predicted octanol–water partition coefficient (Wildman–Crippen LogP) is 4.68. The highest BCUT2D eigenvalue weighted by Gasteiger charge is 2.31. The van der Waals surface area contributed by atoms with Crippen LogP contribution in [0.5, 0.6) is 11.5 Å². The van der Waals surface area contributed by atoms with E-state index < -0.39 is 27.8 Å². The molecule has 33 heavy (non-hydrogen) atoms. The molecule has 2 rings (SSSR count). The van der Waals surface area contributed by atoms with Crippen molar-refractivity contribution < 1.29 is 28.2 Å². The van der Waals surface area contributed by atoms with Gasteiger partial charge in [-0.25, -0.2) is 8.42 Å². The molecule has 1 atom stereocenters. The van der Waals surface area contributed by atoms with Crippen LogP contribution in [-0.2, 0) is 26.0 Å². The van der Waals surface area contributed by atoms with Crippen LogP contribution in [-0.4, -0.2) is 37.8 Å². The smallest absolute Gasteiger partial charge is 0.323 e. The number of unbranched alkanes of at least 4 members (excludes halogenated alkanes) is 2. The lowest BCUT2D eigenvalue weighted by Gasteiger charge is -2.20. The van der Waals surface area contributed by atoms with Gasteiger partial charge in [0, 0.05) is 0 Å². The number of benzene rings is 2. The fourth-order valence-electron chi connectivity index (χ4n) is 3.76. The third kappa shape index (κ3) is 5.94. The maximum Gasteiger partial charge on any atom is 0.323 e. The first-order valence-corrected chi connectivity index (χ1v) is 12.4. The average molecular weight is 476 g/mol. The van der Waals surface area contributed by atoms with E-state index in [9.17, 15) is 23.4 Å². The molecule has 0 aromatic heterocycles. The molecule has 8 heteroatoms. The van der Waals surface area contributed by atoms with E-state index in [1.807, 2.05) is 26.0 Å². The van der Waals surface area contributed by atoms with E-state index in [1.54, 1.807) is 13.0 Å². The minimum atomic E-state index is -4.34. The Hall–Kier alpha value is -2.84. The van der Waals surface area contributed by atoms with Crippen molar-refractivity contribution in [2.75, 3.05) is 7.11 Å². The number of hydrogen-bond donors (Lipinski definition) is 3. The van der Waals surface area contributed by atoms with Gasteiger partial charge in [-0.15, -0.1) is 0 Å². The van der Waals surface area contributed by atoms with Crippen molar-refractivity contribution in [2.24, 2.45) is 0 Å². The van der Waals surface area contributed by atoms with Gasteiger partial charge in [-0.3, -0.25) is 4.79 Å². The molecular weight excluding hydrogens is 442 g/mol. The highest BCUT2D eigenvalue weighted by molar-refractivity contribution is 7.89. The van der Waals surface area contributed by atoms with Crippen LogP contribution < -0.4 is 4.72 Å². The topological polar surface area (TPSA) is 113 Å². The number of sulfonamides is 1. The van der Waals surface area contributed by atoms with Crippen LogP contribution in [0.4, 0.5) is 0 Å². The number of ether oxygens (including phenoxy) is 1. The Morgan fingerprint density at radius 2 is 1.88 bits per heavy atom. The Morgan fingerprint density at radius 1 is 1.21 bits per heavy atom. The molecule has 2 aromatic rings. The number of carbonyl (C=O) groups excluding carboxylic acids is 1. The molecule has 0 aliphatic carbocycles. The molecule has 0 bridgehead atoms. The molecule has 0 unspecified atom stereocenters. The minimum Gasteiger partial charge on any atom is -0.507 e. The van der Waals surface area contributed by atoms with Gasteiger partial charge in [0.1, 0.15) is 22.4 Å². The highest BCUT2D eigenvalue weighted by Crippen LogP contribution is 2.46. The van der Waals surface area contributed by atoms with Crippen LogP contribution in [0, 0.1) is 6.92 Å². The van der Waals surface area contributed by atoms with E-state index >= 15 is 0 Å². The summed E-state index contributed by atoms with van der Waals surface area (Å²) in [5, 5.41) is 22.2. The summed E-state index contributed by atoms with van der Waals surface area (Å²) in [4.78, 5) is 11.5. The quantitative estimate of drug-likeness (QED) is 0.340. The van der Waals surface area contributed by atoms with Crippen molar-refractivity contribution in [3.8, 4) is 22.6 Å². The molecule has 7 nitrogen and oxygen atoms in total. The van der Waals surface area contributed by atoms with Crippen molar-refractivity contribution in [2.45, 2.75) is 64.3 Å². The molecule has 0 aliphatic heterocycles. The molecule has 0 aliphatic rings. The maximum absolute atomic E-state index is 13.3. The summed E-state index contributed by atoms with van der Waals surface area (Å²) in [6.07, 6.45) is 2.78. The van der Waals surface area contributed by atoms with Gasteiger partial charge in [0.05, 0.1) is 12.7 Å². The number of methoxy groups -OCH3 is 1. The Morgan fingerprint density at radius 3 is 2.45 bits per heavy atom. The normalized spacial score (nSPS) is 12.4. The standard InChI is InChI=1S/C25H33NO6S/c1-7-8-9-10-18-14-21(27)22(20-13-16(4)11-12-19(20)15(2)3)23(28)24(18)33(30,31)26-17(5)25(29)32-6/h11-14,17,26-28H,2,7-10H2,1,3-6H3/t17-/m0/s1. The van der Waals surface area contributed by atoms with Crippen molar-refractivity contribution in [3.63, 3.8) is 0 Å². The Balaban J connectivity index is 2.81. The van der Waals surface area contributed by atoms with Crippen molar-refractivity contribution in [1.29, 1.82) is 0 Å². The molecule has 0 saturated carbocycles. The third-order valence-electron chi connectivity index (χ3n) is 5.42. The van der Waals surface area contributed by atoms with Gasteiger partial charge in [-0.2, -0.15) is 4.72 Å². The largest absolute Gasteiger partial charge is 0.507 e. The monoisotopic (exact) mass is 475 g/mol. The van der Waals surface area contributed by atoms with Crippen LogP contribution in [0.3, 0.4) is 0 Å². The number of aromatic hydroxyl groups is 2. The second kappa shape index (κ2) is 10.9. The molecule has 0 heterocycles. The molecular formula is C25H33NO6S. The third-order valence-corrected chi connectivity index (χ3v) is 7.08. The summed E-state index contributed by atoms with van der Waals surface area (Å²) < 4.78 is 33.6. The van der Waals surface area contributed by atoms with E-state index in [-0.39, 0.29) is 21.8 Å². The number of aryl methyl sites for hydroxylation is 2. The first-order chi connectivity index (χ1) is 15.4. The number of hydrogen-bond acceptors (Lipinski definition) is 6. The van der Waals surface area contributed by atoms with Gasteiger partial charge in [0.15, 0.2) is 0 Å². The first-order valence-electron chi connectivity index (χ1n) is 10.9. The van der Waals surface area contributed by atoms with Crippen molar-refractivity contribution in [1.82, 2.24) is 4.72 Å². The number of rotatable bonds is 10. The average Bonchev–Trinajstić information content (AvgIpc) is 2.72. The zero-order valence-electron chi connectivity index (χ0n) is 19.9. The van der Waals surface area contributed by atoms with E-state index in [0.29, 0.717) is 29.5 Å². The Labute approximate surface area is 196 Å². The zero-order chi connectivity index (χ0) is 24.9. The lowest BCUT2D eigenvalue weighted by molar-refractivity contribution is -0.142. The molecule has 0 spiro atoms. The summed E-state index contributed by atoms with van der Waals surface area (Å²) in [5.41, 5.74) is 2.97. The van der Waals surface area contributed by atoms with E-state index in [2.05, 4.69) is 16.0 Å².